The van der Waals surface area contributed by atoms with Crippen LogP contribution in [0, 0.1) is 17.8 Å². The molecule has 11 nitrogen and oxygen atoms in total. The monoisotopic (exact) mass is 727 g/mol. The molecule has 280 valence electrons. The molecule has 0 spiro atoms. The summed E-state index contributed by atoms with van der Waals surface area (Å²) < 4.78 is 18.6. The first-order valence-electron chi connectivity index (χ1n) is 17.7. The molecule has 0 radical (unpaired) electrons. The number of likely N-dealkylation sites (tertiary alicyclic amines) is 1. The van der Waals surface area contributed by atoms with Crippen LogP contribution in [0.5, 0.6) is 0 Å². The van der Waals surface area contributed by atoms with Gasteiger partial charge in [0, 0.05) is 35.8 Å². The summed E-state index contributed by atoms with van der Waals surface area (Å²) in [6, 6.07) is 6.77. The summed E-state index contributed by atoms with van der Waals surface area (Å²) >= 11 is 2.80. The van der Waals surface area contributed by atoms with Crippen molar-refractivity contribution in [2.24, 2.45) is 17.8 Å². The van der Waals surface area contributed by atoms with E-state index in [9.17, 15) is 25.2 Å². The van der Waals surface area contributed by atoms with E-state index in [-0.39, 0.29) is 11.2 Å². The lowest BCUT2D eigenvalue weighted by molar-refractivity contribution is -0.207. The summed E-state index contributed by atoms with van der Waals surface area (Å²) in [7, 11) is 4.05. The van der Waals surface area contributed by atoms with E-state index in [1.165, 1.54) is 17.3 Å². The van der Waals surface area contributed by atoms with Crippen molar-refractivity contribution in [1.82, 2.24) is 15.1 Å². The lowest BCUT2D eigenvalue weighted by Gasteiger charge is -2.46. The number of rotatable bonds is 12. The van der Waals surface area contributed by atoms with Crippen molar-refractivity contribution in [3.05, 3.63) is 29.8 Å². The van der Waals surface area contributed by atoms with E-state index >= 15 is 0 Å². The molecule has 3 saturated heterocycles. The molecule has 3 aliphatic heterocycles. The maximum atomic E-state index is 13.7. The molecule has 0 aliphatic carbocycles. The van der Waals surface area contributed by atoms with Crippen molar-refractivity contribution >= 4 is 29.6 Å². The minimum atomic E-state index is -1.45. The number of carbonyl (C=O) groups excluding carboxylic acids is 1. The van der Waals surface area contributed by atoms with Crippen LogP contribution >= 0.6 is 23.5 Å². The smallest absolute Gasteiger partial charge is 0.410 e. The summed E-state index contributed by atoms with van der Waals surface area (Å²) in [4.78, 5) is 18.4. The Balaban J connectivity index is 1.65. The van der Waals surface area contributed by atoms with E-state index in [0.29, 0.717) is 25.0 Å². The van der Waals surface area contributed by atoms with Gasteiger partial charge in [0.15, 0.2) is 0 Å². The van der Waals surface area contributed by atoms with Gasteiger partial charge < -0.3 is 39.5 Å². The largest absolute Gasteiger partial charge is 0.444 e. The van der Waals surface area contributed by atoms with Crippen LogP contribution in [-0.4, -0.2) is 135 Å². The number of nitrogens with zero attached hydrogens (tertiary/aromatic N) is 2. The van der Waals surface area contributed by atoms with Crippen molar-refractivity contribution in [1.29, 1.82) is 0 Å². The van der Waals surface area contributed by atoms with Gasteiger partial charge in [-0.15, -0.1) is 23.5 Å². The Bertz CT molecular complexity index is 1190. The van der Waals surface area contributed by atoms with Crippen molar-refractivity contribution in [3.63, 3.8) is 0 Å². The van der Waals surface area contributed by atoms with Gasteiger partial charge in [-0.1, -0.05) is 32.9 Å². The minimum Gasteiger partial charge on any atom is -0.444 e. The molecule has 3 fully saturated rings. The molecule has 3 heterocycles. The molecule has 12 atom stereocenters. The Labute approximate surface area is 301 Å². The molecule has 0 aromatic heterocycles. The third-order valence-corrected chi connectivity index (χ3v) is 11.7. The maximum Gasteiger partial charge on any atom is 0.410 e. The quantitative estimate of drug-likeness (QED) is 0.158. The number of thioether (sulfide) groups is 2. The number of fused-ring (bicyclic) bond motifs is 1. The van der Waals surface area contributed by atoms with Crippen molar-refractivity contribution < 1.29 is 39.4 Å². The SMILES string of the molecule is CSC1O[C@H]([C@H](NC(O)[C@@H]2[C@@H]3OCC[C@@H](CC(C)C)C[C@H]3CN2C(=O)OC(C)(C)C)[C@H](C)Sc2ccc(CN(C)C)cc2)C(O)C(O)[C@H]1O. The third kappa shape index (κ3) is 10.7. The second kappa shape index (κ2) is 17.6. The van der Waals surface area contributed by atoms with Gasteiger partial charge in [0.05, 0.1) is 12.1 Å². The Kier molecular flexibility index (Phi) is 14.6. The third-order valence-electron chi connectivity index (χ3n) is 9.63. The second-order valence-electron chi connectivity index (χ2n) is 15.8. The zero-order valence-corrected chi connectivity index (χ0v) is 32.3. The molecule has 13 heteroatoms. The first-order valence-corrected chi connectivity index (χ1v) is 19.8. The molecule has 4 unspecified atom stereocenters. The number of carbonyl (C=O) groups is 1. The number of aliphatic hydroxyl groups is 4. The van der Waals surface area contributed by atoms with Crippen LogP contribution in [-0.2, 0) is 20.8 Å². The van der Waals surface area contributed by atoms with Crippen molar-refractivity contribution in [2.75, 3.05) is 33.5 Å². The van der Waals surface area contributed by atoms with E-state index in [1.807, 2.05) is 53.9 Å². The van der Waals surface area contributed by atoms with Gasteiger partial charge in [-0.05, 0) is 89.9 Å². The Morgan fingerprint density at radius 2 is 1.78 bits per heavy atom. The molecule has 49 heavy (non-hydrogen) atoms. The van der Waals surface area contributed by atoms with Crippen LogP contribution in [0.25, 0.3) is 0 Å². The highest BCUT2D eigenvalue weighted by molar-refractivity contribution is 8.00. The normalized spacial score (nSPS) is 32.9. The van der Waals surface area contributed by atoms with Gasteiger partial charge in [0.25, 0.3) is 0 Å². The van der Waals surface area contributed by atoms with Crippen LogP contribution in [0.4, 0.5) is 4.79 Å². The van der Waals surface area contributed by atoms with Gasteiger partial charge in [-0.3, -0.25) is 10.2 Å². The first-order chi connectivity index (χ1) is 23.0. The van der Waals surface area contributed by atoms with Crippen molar-refractivity contribution in [3.8, 4) is 0 Å². The van der Waals surface area contributed by atoms with E-state index < -0.39 is 66.0 Å². The Morgan fingerprint density at radius 3 is 2.37 bits per heavy atom. The molecule has 5 N–H and O–H groups in total. The number of nitrogens with one attached hydrogen (secondary N) is 1. The summed E-state index contributed by atoms with van der Waals surface area (Å²) in [5, 5.41) is 48.1. The summed E-state index contributed by atoms with van der Waals surface area (Å²) in [6.07, 6.45) is -2.72. The predicted molar refractivity (Wildman–Crippen MR) is 194 cm³/mol. The highest BCUT2D eigenvalue weighted by Gasteiger charge is 2.53. The number of ether oxygens (including phenoxy) is 3. The summed E-state index contributed by atoms with van der Waals surface area (Å²) in [5.74, 6) is 1.01. The first kappa shape index (κ1) is 40.6. The molecular formula is C36H61N3O8S2. The van der Waals surface area contributed by atoms with Gasteiger partial charge in [-0.2, -0.15) is 0 Å². The second-order valence-corrected chi connectivity index (χ2v) is 18.1. The maximum absolute atomic E-state index is 13.7. The van der Waals surface area contributed by atoms with Gasteiger partial charge in [-0.25, -0.2) is 4.79 Å². The minimum absolute atomic E-state index is 0.0144. The molecule has 3 aliphatic rings. The molecule has 1 aromatic carbocycles. The molecule has 1 aromatic rings. The Hall–Kier alpha value is -1.13. The van der Waals surface area contributed by atoms with Crippen LogP contribution < -0.4 is 5.32 Å². The number of hydrogen-bond acceptors (Lipinski definition) is 12. The average molecular weight is 728 g/mol. The van der Waals surface area contributed by atoms with Crippen molar-refractivity contribution in [2.45, 2.75) is 137 Å². The average Bonchev–Trinajstić information content (AvgIpc) is 3.25. The van der Waals surface area contributed by atoms with Gasteiger partial charge >= 0.3 is 6.09 Å². The van der Waals surface area contributed by atoms with Gasteiger partial charge in [0.1, 0.15) is 47.7 Å². The molecular weight excluding hydrogens is 667 g/mol. The summed E-state index contributed by atoms with van der Waals surface area (Å²) in [5.41, 5.74) is -0.342. The lowest BCUT2D eigenvalue weighted by atomic mass is 9.85. The fourth-order valence-corrected chi connectivity index (χ4v) is 9.31. The highest BCUT2D eigenvalue weighted by Crippen LogP contribution is 2.40. The van der Waals surface area contributed by atoms with Crippen LogP contribution in [0.2, 0.25) is 0 Å². The van der Waals surface area contributed by atoms with E-state index in [1.54, 1.807) is 22.9 Å². The fourth-order valence-electron chi connectivity index (χ4n) is 7.53. The predicted octanol–water partition coefficient (Wildman–Crippen LogP) is 3.75. The van der Waals surface area contributed by atoms with Crippen LogP contribution in [0.1, 0.15) is 66.4 Å². The zero-order chi connectivity index (χ0) is 36.2. The standard InChI is InChI=1S/C36H61N3O8S2/c1-20(2)16-23-14-15-45-31-24(17-23)19-39(35(44)47-36(4,5)6)27(31)33(43)37-26(32-29(41)28(40)30(42)34(46-32)48-9)21(3)49-25-12-10-22(11-13-25)18-38(7)8/h10-13,20-21,23-24,26-34,37,40-43H,14-19H2,1-9H3/t21-,23-,24-,26+,27-,28?,29?,30+,31+,32+,33?,34?/m0/s1. The fraction of sp³-hybridized carbons (Fsp3) is 0.806. The molecule has 0 saturated carbocycles. The van der Waals surface area contributed by atoms with E-state index in [0.717, 1.165) is 30.7 Å². The topological polar surface area (TPSA) is 144 Å². The molecule has 0 bridgehead atoms. The van der Waals surface area contributed by atoms with Gasteiger partial charge in [0.2, 0.25) is 0 Å². The number of aliphatic hydroxyl groups excluding tert-OH is 4. The molecule has 4 rings (SSSR count). The Morgan fingerprint density at radius 1 is 1.10 bits per heavy atom. The number of hydrogen-bond donors (Lipinski definition) is 5. The number of benzene rings is 1. The lowest BCUT2D eigenvalue weighted by Crippen LogP contribution is -2.67. The van der Waals surface area contributed by atoms with Crippen LogP contribution in [0.3, 0.4) is 0 Å². The molecule has 1 amide bonds. The highest BCUT2D eigenvalue weighted by atomic mass is 32.2. The van der Waals surface area contributed by atoms with E-state index in [2.05, 4.69) is 36.2 Å². The number of amides is 1. The zero-order valence-electron chi connectivity index (χ0n) is 30.7. The summed E-state index contributed by atoms with van der Waals surface area (Å²) in [6.45, 7) is 13.6. The van der Waals surface area contributed by atoms with E-state index in [4.69, 9.17) is 14.2 Å². The van der Waals surface area contributed by atoms with Crippen LogP contribution in [0.15, 0.2) is 29.2 Å².